The molecule has 0 bridgehead atoms. The third-order valence-electron chi connectivity index (χ3n) is 2.48. The van der Waals surface area contributed by atoms with Gasteiger partial charge in [-0.15, -0.1) is 0 Å². The highest BCUT2D eigenvalue weighted by atomic mass is 16.2. The summed E-state index contributed by atoms with van der Waals surface area (Å²) in [5.74, 6) is -0.121. The smallest absolute Gasteiger partial charge is 0.269 e. The van der Waals surface area contributed by atoms with Crippen molar-refractivity contribution in [3.63, 3.8) is 0 Å². The molecule has 68 valence electrons. The zero-order valence-electron chi connectivity index (χ0n) is 7.59. The van der Waals surface area contributed by atoms with Gasteiger partial charge in [-0.2, -0.15) is 4.48 Å². The maximum atomic E-state index is 11.3. The molecule has 1 heterocycles. The van der Waals surface area contributed by atoms with Crippen molar-refractivity contribution in [2.75, 3.05) is 19.8 Å². The second kappa shape index (κ2) is 3.33. The van der Waals surface area contributed by atoms with Crippen LogP contribution in [0.3, 0.4) is 0 Å². The van der Waals surface area contributed by atoms with Gasteiger partial charge in [-0.1, -0.05) is 0 Å². The third kappa shape index (κ3) is 1.40. The first-order valence-corrected chi connectivity index (χ1v) is 4.20. The van der Waals surface area contributed by atoms with Crippen molar-refractivity contribution in [3.05, 3.63) is 0 Å². The summed E-state index contributed by atoms with van der Waals surface area (Å²) in [6, 6.07) is 0. The fourth-order valence-electron chi connectivity index (χ4n) is 1.58. The maximum absolute atomic E-state index is 11.3. The topological polar surface area (TPSA) is 46.2 Å². The summed E-state index contributed by atoms with van der Waals surface area (Å²) in [5, 5.41) is 3.07. The molecular weight excluding hydrogens is 156 g/mol. The van der Waals surface area contributed by atoms with Crippen LogP contribution in [0.1, 0.15) is 20.3 Å². The zero-order valence-corrected chi connectivity index (χ0v) is 7.59. The van der Waals surface area contributed by atoms with Crippen molar-refractivity contribution in [2.45, 2.75) is 20.3 Å². The molecule has 0 saturated carbocycles. The summed E-state index contributed by atoms with van der Waals surface area (Å²) in [6.45, 7) is 4.98. The first kappa shape index (κ1) is 9.35. The monoisotopic (exact) mass is 171 g/mol. The molecule has 1 N–H and O–H groups in total. The van der Waals surface area contributed by atoms with Crippen LogP contribution in [-0.4, -0.2) is 36.1 Å². The van der Waals surface area contributed by atoms with E-state index < -0.39 is 0 Å². The van der Waals surface area contributed by atoms with E-state index >= 15 is 0 Å². The van der Waals surface area contributed by atoms with Crippen LogP contribution in [0.2, 0.25) is 0 Å². The SMILES string of the molecule is CC(=O)[N+]1(C(C)=O)CCCNC1. The molecule has 2 amide bonds. The van der Waals surface area contributed by atoms with Crippen LogP contribution in [0.5, 0.6) is 0 Å². The van der Waals surface area contributed by atoms with E-state index in [1.165, 1.54) is 13.8 Å². The average molecular weight is 171 g/mol. The number of imide groups is 1. The molecule has 0 aliphatic carbocycles. The highest BCUT2D eigenvalue weighted by molar-refractivity contribution is 5.81. The molecule has 1 rings (SSSR count). The standard InChI is InChI=1S/C8H15N2O2/c1-7(11)10(8(2)12)5-3-4-9-6-10/h9H,3-6H2,1-2H3/q+1. The number of carbonyl (C=O) groups excluding carboxylic acids is 2. The van der Waals surface area contributed by atoms with Crippen LogP contribution in [-0.2, 0) is 9.59 Å². The Kier molecular flexibility index (Phi) is 2.59. The van der Waals surface area contributed by atoms with Crippen molar-refractivity contribution in [3.8, 4) is 0 Å². The molecular formula is C8H15N2O2+. The Hall–Kier alpha value is -0.740. The van der Waals surface area contributed by atoms with Gasteiger partial charge in [0.1, 0.15) is 6.67 Å². The summed E-state index contributed by atoms with van der Waals surface area (Å²) in [4.78, 5) is 22.5. The lowest BCUT2D eigenvalue weighted by Crippen LogP contribution is -2.62. The minimum absolute atomic E-state index is 0.0278. The summed E-state index contributed by atoms with van der Waals surface area (Å²) in [5.41, 5.74) is 0. The summed E-state index contributed by atoms with van der Waals surface area (Å²) >= 11 is 0. The van der Waals surface area contributed by atoms with Gasteiger partial charge in [0, 0.05) is 13.0 Å². The third-order valence-corrected chi connectivity index (χ3v) is 2.48. The average Bonchev–Trinajstić information content (AvgIpc) is 2.05. The normalized spacial score (nSPS) is 21.8. The van der Waals surface area contributed by atoms with E-state index in [0.717, 1.165) is 13.0 Å². The lowest BCUT2D eigenvalue weighted by molar-refractivity contribution is -0.786. The van der Waals surface area contributed by atoms with Gasteiger partial charge in [0.2, 0.25) is 0 Å². The van der Waals surface area contributed by atoms with E-state index in [0.29, 0.717) is 13.2 Å². The molecule has 12 heavy (non-hydrogen) atoms. The predicted octanol–water partition coefficient (Wildman–Crippen LogP) is -0.153. The van der Waals surface area contributed by atoms with Gasteiger partial charge in [0.25, 0.3) is 0 Å². The summed E-state index contributed by atoms with van der Waals surface area (Å²) < 4.78 is -0.0278. The van der Waals surface area contributed by atoms with Gasteiger partial charge in [-0.3, -0.25) is 5.32 Å². The van der Waals surface area contributed by atoms with Crippen molar-refractivity contribution < 1.29 is 14.1 Å². The van der Waals surface area contributed by atoms with Gasteiger partial charge < -0.3 is 0 Å². The van der Waals surface area contributed by atoms with Gasteiger partial charge in [0.15, 0.2) is 0 Å². The minimum Gasteiger partial charge on any atom is -0.269 e. The lowest BCUT2D eigenvalue weighted by atomic mass is 10.2. The Morgan fingerprint density at radius 1 is 1.25 bits per heavy atom. The van der Waals surface area contributed by atoms with Crippen LogP contribution in [0.25, 0.3) is 0 Å². The van der Waals surface area contributed by atoms with Crippen molar-refractivity contribution in [2.24, 2.45) is 0 Å². The molecule has 1 fully saturated rings. The maximum Gasteiger partial charge on any atom is 0.319 e. The number of quaternary nitrogens is 1. The molecule has 1 aliphatic rings. The van der Waals surface area contributed by atoms with Crippen molar-refractivity contribution >= 4 is 11.8 Å². The molecule has 0 aromatic heterocycles. The largest absolute Gasteiger partial charge is 0.319 e. The van der Waals surface area contributed by atoms with E-state index in [9.17, 15) is 9.59 Å². The fourth-order valence-corrected chi connectivity index (χ4v) is 1.58. The highest BCUT2D eigenvalue weighted by Gasteiger charge is 2.40. The van der Waals surface area contributed by atoms with E-state index in [4.69, 9.17) is 0 Å². The zero-order chi connectivity index (χ0) is 9.19. The van der Waals surface area contributed by atoms with E-state index in [2.05, 4.69) is 5.32 Å². The van der Waals surface area contributed by atoms with Crippen LogP contribution >= 0.6 is 0 Å². The van der Waals surface area contributed by atoms with Gasteiger partial charge in [-0.25, -0.2) is 9.59 Å². The molecule has 0 atom stereocenters. The Morgan fingerprint density at radius 3 is 2.08 bits per heavy atom. The van der Waals surface area contributed by atoms with E-state index in [1.54, 1.807) is 0 Å². The molecule has 0 spiro atoms. The second-order valence-corrected chi connectivity index (χ2v) is 3.24. The van der Waals surface area contributed by atoms with Crippen LogP contribution in [0.4, 0.5) is 0 Å². The minimum atomic E-state index is -0.0605. The quantitative estimate of drug-likeness (QED) is 0.515. The Bertz CT molecular complexity index is 191. The van der Waals surface area contributed by atoms with Crippen LogP contribution in [0, 0.1) is 0 Å². The Morgan fingerprint density at radius 2 is 1.83 bits per heavy atom. The van der Waals surface area contributed by atoms with Crippen molar-refractivity contribution in [1.82, 2.24) is 5.32 Å². The number of carbonyl (C=O) groups is 2. The highest BCUT2D eigenvalue weighted by Crippen LogP contribution is 2.11. The molecule has 0 aromatic rings. The number of nitrogens with zero attached hydrogens (tertiary/aromatic N) is 1. The lowest BCUT2D eigenvalue weighted by Gasteiger charge is -2.34. The number of hydrogen-bond donors (Lipinski definition) is 1. The first-order valence-electron chi connectivity index (χ1n) is 4.20. The van der Waals surface area contributed by atoms with Gasteiger partial charge in [-0.05, 0) is 0 Å². The summed E-state index contributed by atoms with van der Waals surface area (Å²) in [6.07, 6.45) is 0.888. The molecule has 0 aromatic carbocycles. The second-order valence-electron chi connectivity index (χ2n) is 3.24. The molecule has 0 radical (unpaired) electrons. The van der Waals surface area contributed by atoms with Crippen LogP contribution in [0.15, 0.2) is 0 Å². The molecule has 4 nitrogen and oxygen atoms in total. The molecule has 1 aliphatic heterocycles. The Labute approximate surface area is 72.1 Å². The van der Waals surface area contributed by atoms with Gasteiger partial charge >= 0.3 is 11.8 Å². The molecule has 4 heteroatoms. The molecule has 1 saturated heterocycles. The van der Waals surface area contributed by atoms with Crippen LogP contribution < -0.4 is 5.32 Å². The summed E-state index contributed by atoms with van der Waals surface area (Å²) in [7, 11) is 0. The number of nitrogens with one attached hydrogen (secondary N) is 1. The van der Waals surface area contributed by atoms with E-state index in [-0.39, 0.29) is 16.3 Å². The van der Waals surface area contributed by atoms with E-state index in [1.807, 2.05) is 0 Å². The number of hydrogen-bond acceptors (Lipinski definition) is 3. The first-order chi connectivity index (χ1) is 5.59. The molecule has 0 unspecified atom stereocenters. The predicted molar refractivity (Wildman–Crippen MR) is 44.0 cm³/mol. The number of rotatable bonds is 0. The number of amides is 2. The van der Waals surface area contributed by atoms with Crippen molar-refractivity contribution in [1.29, 1.82) is 0 Å². The fraction of sp³-hybridized carbons (Fsp3) is 0.750. The van der Waals surface area contributed by atoms with Gasteiger partial charge in [0.05, 0.1) is 20.4 Å². The Balaban J connectivity index is 2.84.